The van der Waals surface area contributed by atoms with Gasteiger partial charge in [-0.3, -0.25) is 4.79 Å². The summed E-state index contributed by atoms with van der Waals surface area (Å²) in [6.07, 6.45) is 9.90. The molecular formula is C23H26FN3O3. The minimum atomic E-state index is -1.33. The number of carboxylic acid groups (broad SMARTS) is 1. The molecule has 4 rings (SSSR count). The zero-order valence-electron chi connectivity index (χ0n) is 16.9. The molecule has 2 saturated carbocycles. The maximum absolute atomic E-state index is 13.9. The molecule has 7 heteroatoms. The summed E-state index contributed by atoms with van der Waals surface area (Å²) in [5.74, 6) is -0.916. The standard InChI is InChI=1S/C23H26FN3O3/c24-19-10-16(8-9-18(19)23(29)30)11-21(28)20-12-22(26-14-25-20)27(13-15-6-7-15)17-4-2-1-3-5-17/h8-10,12,14-15,17H,1-7,11,13H2,(H,29,30). The highest BCUT2D eigenvalue weighted by Crippen LogP contribution is 2.34. The summed E-state index contributed by atoms with van der Waals surface area (Å²) in [5.41, 5.74) is 0.322. The number of hydrogen-bond donors (Lipinski definition) is 1. The Balaban J connectivity index is 1.51. The van der Waals surface area contributed by atoms with Crippen molar-refractivity contribution >= 4 is 17.6 Å². The lowest BCUT2D eigenvalue weighted by molar-refractivity contribution is 0.0691. The molecule has 0 spiro atoms. The van der Waals surface area contributed by atoms with Gasteiger partial charge in [0.2, 0.25) is 0 Å². The Morgan fingerprint density at radius 3 is 2.50 bits per heavy atom. The summed E-state index contributed by atoms with van der Waals surface area (Å²) in [4.78, 5) is 34.7. The molecule has 158 valence electrons. The molecule has 1 heterocycles. The lowest BCUT2D eigenvalue weighted by Gasteiger charge is -2.35. The minimum absolute atomic E-state index is 0.0423. The molecule has 0 bridgehead atoms. The molecule has 0 unspecified atom stereocenters. The monoisotopic (exact) mass is 411 g/mol. The van der Waals surface area contributed by atoms with E-state index in [0.29, 0.717) is 23.2 Å². The predicted octanol–water partition coefficient (Wildman–Crippen LogP) is 4.29. The SMILES string of the molecule is O=C(Cc1ccc(C(=O)O)c(F)c1)c1cc(N(CC2CC2)C2CCCCC2)ncn1. The molecule has 0 saturated heterocycles. The van der Waals surface area contributed by atoms with E-state index in [0.717, 1.165) is 31.3 Å². The van der Waals surface area contributed by atoms with Gasteiger partial charge in [0.05, 0.1) is 5.56 Å². The van der Waals surface area contributed by atoms with Crippen molar-refractivity contribution in [1.82, 2.24) is 9.97 Å². The van der Waals surface area contributed by atoms with E-state index in [1.807, 2.05) is 0 Å². The Morgan fingerprint density at radius 1 is 1.07 bits per heavy atom. The van der Waals surface area contributed by atoms with Gasteiger partial charge < -0.3 is 10.0 Å². The number of anilines is 1. The zero-order chi connectivity index (χ0) is 21.1. The van der Waals surface area contributed by atoms with E-state index in [2.05, 4.69) is 14.9 Å². The van der Waals surface area contributed by atoms with Gasteiger partial charge in [-0.05, 0) is 49.3 Å². The van der Waals surface area contributed by atoms with E-state index in [9.17, 15) is 14.0 Å². The van der Waals surface area contributed by atoms with E-state index in [4.69, 9.17) is 5.11 Å². The van der Waals surface area contributed by atoms with Crippen molar-refractivity contribution in [2.75, 3.05) is 11.4 Å². The van der Waals surface area contributed by atoms with Gasteiger partial charge in [-0.1, -0.05) is 25.3 Å². The number of carboxylic acids is 1. The van der Waals surface area contributed by atoms with Crippen LogP contribution >= 0.6 is 0 Å². The second-order valence-electron chi connectivity index (χ2n) is 8.37. The van der Waals surface area contributed by atoms with Crippen LogP contribution in [0.2, 0.25) is 0 Å². The molecule has 0 radical (unpaired) electrons. The van der Waals surface area contributed by atoms with Crippen LogP contribution in [0.3, 0.4) is 0 Å². The van der Waals surface area contributed by atoms with Crippen molar-refractivity contribution < 1.29 is 19.1 Å². The normalized spacial score (nSPS) is 17.0. The van der Waals surface area contributed by atoms with Crippen LogP contribution in [0, 0.1) is 11.7 Å². The number of Topliss-reactive ketones (excluding diaryl/α,β-unsaturated/α-hetero) is 1. The first kappa shape index (κ1) is 20.4. The summed E-state index contributed by atoms with van der Waals surface area (Å²) in [6, 6.07) is 5.96. The van der Waals surface area contributed by atoms with Crippen molar-refractivity contribution in [3.63, 3.8) is 0 Å². The molecule has 30 heavy (non-hydrogen) atoms. The Morgan fingerprint density at radius 2 is 1.83 bits per heavy atom. The van der Waals surface area contributed by atoms with Crippen molar-refractivity contribution in [2.45, 2.75) is 57.4 Å². The van der Waals surface area contributed by atoms with Gasteiger partial charge in [0.25, 0.3) is 0 Å². The average Bonchev–Trinajstić information content (AvgIpc) is 3.57. The van der Waals surface area contributed by atoms with Gasteiger partial charge in [0.15, 0.2) is 5.78 Å². The Hall–Kier alpha value is -2.83. The Bertz CT molecular complexity index is 939. The third-order valence-corrected chi connectivity index (χ3v) is 6.03. The Kier molecular flexibility index (Phi) is 6.06. The summed E-state index contributed by atoms with van der Waals surface area (Å²) in [5, 5.41) is 8.94. The van der Waals surface area contributed by atoms with Gasteiger partial charge in [-0.25, -0.2) is 19.2 Å². The van der Waals surface area contributed by atoms with Gasteiger partial charge in [-0.15, -0.1) is 0 Å². The number of hydrogen-bond acceptors (Lipinski definition) is 5. The molecule has 0 atom stereocenters. The minimum Gasteiger partial charge on any atom is -0.478 e. The quantitative estimate of drug-likeness (QED) is 0.653. The molecule has 1 aromatic heterocycles. The van der Waals surface area contributed by atoms with Gasteiger partial charge in [0.1, 0.15) is 23.7 Å². The fraction of sp³-hybridized carbons (Fsp3) is 0.478. The number of aromatic nitrogens is 2. The van der Waals surface area contributed by atoms with Crippen LogP contribution in [0.1, 0.15) is 71.4 Å². The van der Waals surface area contributed by atoms with E-state index in [1.165, 1.54) is 50.6 Å². The number of halogens is 1. The van der Waals surface area contributed by atoms with Gasteiger partial charge in [0, 0.05) is 25.1 Å². The number of aromatic carboxylic acids is 1. The smallest absolute Gasteiger partial charge is 0.338 e. The largest absolute Gasteiger partial charge is 0.478 e. The molecule has 6 nitrogen and oxygen atoms in total. The predicted molar refractivity (Wildman–Crippen MR) is 110 cm³/mol. The van der Waals surface area contributed by atoms with Crippen LogP contribution in [0.15, 0.2) is 30.6 Å². The van der Waals surface area contributed by atoms with E-state index < -0.39 is 17.3 Å². The van der Waals surface area contributed by atoms with Crippen LogP contribution in [0.5, 0.6) is 0 Å². The first-order valence-corrected chi connectivity index (χ1v) is 10.6. The molecule has 2 fully saturated rings. The van der Waals surface area contributed by atoms with Crippen LogP contribution in [0.4, 0.5) is 10.2 Å². The van der Waals surface area contributed by atoms with Gasteiger partial charge >= 0.3 is 5.97 Å². The number of nitrogens with zero attached hydrogens (tertiary/aromatic N) is 3. The fourth-order valence-corrected chi connectivity index (χ4v) is 4.18. The maximum Gasteiger partial charge on any atom is 0.338 e. The van der Waals surface area contributed by atoms with Crippen molar-refractivity contribution in [1.29, 1.82) is 0 Å². The summed E-state index contributed by atoms with van der Waals surface area (Å²) in [7, 11) is 0. The van der Waals surface area contributed by atoms with Crippen LogP contribution < -0.4 is 4.90 Å². The molecular weight excluding hydrogens is 385 g/mol. The fourth-order valence-electron chi connectivity index (χ4n) is 4.18. The van der Waals surface area contributed by atoms with Crippen molar-refractivity contribution in [3.05, 3.63) is 53.2 Å². The molecule has 0 amide bonds. The number of benzene rings is 1. The number of ketones is 1. The molecule has 2 aromatic rings. The highest BCUT2D eigenvalue weighted by molar-refractivity contribution is 5.96. The van der Waals surface area contributed by atoms with Crippen molar-refractivity contribution in [3.8, 4) is 0 Å². The molecule has 2 aliphatic rings. The van der Waals surface area contributed by atoms with Crippen molar-refractivity contribution in [2.24, 2.45) is 5.92 Å². The first-order valence-electron chi connectivity index (χ1n) is 10.6. The number of carbonyl (C=O) groups is 2. The summed E-state index contributed by atoms with van der Waals surface area (Å²) >= 11 is 0. The van der Waals surface area contributed by atoms with Crippen LogP contribution in [-0.2, 0) is 6.42 Å². The topological polar surface area (TPSA) is 83.4 Å². The highest BCUT2D eigenvalue weighted by Gasteiger charge is 2.30. The number of rotatable bonds is 8. The highest BCUT2D eigenvalue weighted by atomic mass is 19.1. The molecule has 0 aliphatic heterocycles. The lowest BCUT2D eigenvalue weighted by Crippen LogP contribution is -2.39. The van der Waals surface area contributed by atoms with Gasteiger partial charge in [-0.2, -0.15) is 0 Å². The average molecular weight is 411 g/mol. The maximum atomic E-state index is 13.9. The second-order valence-corrected chi connectivity index (χ2v) is 8.37. The number of carbonyl (C=O) groups excluding carboxylic acids is 1. The van der Waals surface area contributed by atoms with Crippen LogP contribution in [-0.4, -0.2) is 39.4 Å². The third-order valence-electron chi connectivity index (χ3n) is 6.03. The zero-order valence-corrected chi connectivity index (χ0v) is 16.9. The Labute approximate surface area is 175 Å². The van der Waals surface area contributed by atoms with E-state index in [1.54, 1.807) is 6.07 Å². The summed E-state index contributed by atoms with van der Waals surface area (Å²) < 4.78 is 13.9. The van der Waals surface area contributed by atoms with E-state index in [-0.39, 0.29) is 12.2 Å². The second kappa shape index (κ2) is 8.90. The van der Waals surface area contributed by atoms with E-state index >= 15 is 0 Å². The molecule has 1 aromatic carbocycles. The van der Waals surface area contributed by atoms with Crippen LogP contribution in [0.25, 0.3) is 0 Å². The summed E-state index contributed by atoms with van der Waals surface area (Å²) in [6.45, 7) is 0.969. The lowest BCUT2D eigenvalue weighted by atomic mass is 9.94. The molecule has 1 N–H and O–H groups in total. The first-order chi connectivity index (χ1) is 14.5. The third kappa shape index (κ3) is 4.83. The molecule has 2 aliphatic carbocycles.